The number of hydrogen-bond donors (Lipinski definition) is 2. The molecule has 0 saturated carbocycles. The number of anilines is 1. The molecular weight excluding hydrogens is 230 g/mol. The van der Waals surface area contributed by atoms with E-state index >= 15 is 0 Å². The van der Waals surface area contributed by atoms with Gasteiger partial charge in [0, 0.05) is 18.5 Å². The van der Waals surface area contributed by atoms with Crippen molar-refractivity contribution in [3.8, 4) is 0 Å². The molecule has 4 heteroatoms. The van der Waals surface area contributed by atoms with E-state index in [0.29, 0.717) is 17.8 Å². The zero-order valence-electron chi connectivity index (χ0n) is 10.3. The lowest BCUT2D eigenvalue weighted by Gasteiger charge is -2.23. The van der Waals surface area contributed by atoms with Crippen LogP contribution in [0.2, 0.25) is 0 Å². The van der Waals surface area contributed by atoms with Gasteiger partial charge in [0.25, 0.3) is 5.91 Å². The second-order valence-electron chi connectivity index (χ2n) is 4.64. The number of fused-ring (bicyclic) bond motifs is 1. The van der Waals surface area contributed by atoms with Gasteiger partial charge in [0.2, 0.25) is 0 Å². The summed E-state index contributed by atoms with van der Waals surface area (Å²) >= 11 is 0. The highest BCUT2D eigenvalue weighted by atomic mass is 16.3. The third kappa shape index (κ3) is 1.83. The third-order valence-corrected chi connectivity index (χ3v) is 3.14. The number of aliphatic hydroxyl groups is 2. The van der Waals surface area contributed by atoms with Gasteiger partial charge in [0.05, 0.1) is 11.8 Å². The van der Waals surface area contributed by atoms with E-state index in [1.54, 1.807) is 31.2 Å². The highest BCUT2D eigenvalue weighted by molar-refractivity contribution is 6.07. The first-order valence-electron chi connectivity index (χ1n) is 5.93. The summed E-state index contributed by atoms with van der Waals surface area (Å²) < 4.78 is 0. The van der Waals surface area contributed by atoms with Crippen molar-refractivity contribution in [2.75, 3.05) is 11.4 Å². The summed E-state index contributed by atoms with van der Waals surface area (Å²) in [5.41, 5.74) is -0.392. The predicted octanol–water partition coefficient (Wildman–Crippen LogP) is 1.18. The number of rotatable bonds is 4. The Kier molecular flexibility index (Phi) is 3.24. The molecule has 0 fully saturated rings. The van der Waals surface area contributed by atoms with Crippen molar-refractivity contribution in [2.45, 2.75) is 25.0 Å². The molecule has 2 N–H and O–H groups in total. The second-order valence-corrected chi connectivity index (χ2v) is 4.64. The predicted molar refractivity (Wildman–Crippen MR) is 69.2 cm³/mol. The molecule has 1 aromatic carbocycles. The number of carbonyl (C=O) groups is 1. The zero-order chi connectivity index (χ0) is 13.3. The van der Waals surface area contributed by atoms with Crippen molar-refractivity contribution < 1.29 is 15.0 Å². The van der Waals surface area contributed by atoms with Gasteiger partial charge >= 0.3 is 0 Å². The van der Waals surface area contributed by atoms with E-state index in [0.717, 1.165) is 0 Å². The largest absolute Gasteiger partial charge is 0.393 e. The van der Waals surface area contributed by atoms with Crippen LogP contribution in [-0.4, -0.2) is 28.8 Å². The molecular formula is C14H17NO3. The van der Waals surface area contributed by atoms with Gasteiger partial charge in [0.15, 0.2) is 5.60 Å². The number of aliphatic hydroxyl groups excluding tert-OH is 1. The minimum absolute atomic E-state index is 0.00348. The number of para-hydroxylation sites is 1. The second kappa shape index (κ2) is 4.55. The lowest BCUT2D eigenvalue weighted by atomic mass is 9.90. The van der Waals surface area contributed by atoms with Crippen molar-refractivity contribution in [1.82, 2.24) is 0 Å². The molecule has 1 amide bonds. The maximum atomic E-state index is 12.3. The Morgan fingerprint density at radius 2 is 2.17 bits per heavy atom. The van der Waals surface area contributed by atoms with E-state index in [1.165, 1.54) is 4.90 Å². The molecule has 0 unspecified atom stereocenters. The average Bonchev–Trinajstić information content (AvgIpc) is 2.52. The Balaban J connectivity index is 2.50. The van der Waals surface area contributed by atoms with Crippen LogP contribution in [-0.2, 0) is 10.4 Å². The van der Waals surface area contributed by atoms with Crippen molar-refractivity contribution in [1.29, 1.82) is 0 Å². The molecule has 1 heterocycles. The molecule has 0 aromatic heterocycles. The fraction of sp³-hybridized carbons (Fsp3) is 0.357. The highest BCUT2D eigenvalue weighted by Crippen LogP contribution is 2.42. The molecule has 2 rings (SSSR count). The maximum Gasteiger partial charge on any atom is 0.264 e. The summed E-state index contributed by atoms with van der Waals surface area (Å²) in [7, 11) is 0. The summed E-state index contributed by atoms with van der Waals surface area (Å²) in [5, 5.41) is 20.1. The van der Waals surface area contributed by atoms with Gasteiger partial charge < -0.3 is 15.1 Å². The Morgan fingerprint density at radius 3 is 2.78 bits per heavy atom. The standard InChI is InChI=1S/C14H17NO3/c1-3-8-15-12-7-5-4-6-11(12)14(18,13(15)17)9-10(2)16/h3-7,10,16,18H,1,8-9H2,2H3/t10-,14+/m0/s1. The molecule has 96 valence electrons. The zero-order valence-corrected chi connectivity index (χ0v) is 10.3. The van der Waals surface area contributed by atoms with Gasteiger partial charge in [-0.1, -0.05) is 24.3 Å². The molecule has 0 spiro atoms. The van der Waals surface area contributed by atoms with E-state index < -0.39 is 17.6 Å². The van der Waals surface area contributed by atoms with E-state index in [1.807, 2.05) is 6.07 Å². The molecule has 0 bridgehead atoms. The van der Waals surface area contributed by atoms with Crippen molar-refractivity contribution >= 4 is 11.6 Å². The van der Waals surface area contributed by atoms with Crippen molar-refractivity contribution in [3.63, 3.8) is 0 Å². The van der Waals surface area contributed by atoms with Gasteiger partial charge in [-0.2, -0.15) is 0 Å². The molecule has 0 radical (unpaired) electrons. The van der Waals surface area contributed by atoms with Crippen LogP contribution in [0.3, 0.4) is 0 Å². The molecule has 1 aromatic rings. The summed E-state index contributed by atoms with van der Waals surface area (Å²) in [4.78, 5) is 13.8. The number of amides is 1. The summed E-state index contributed by atoms with van der Waals surface area (Å²) in [5.74, 6) is -0.399. The van der Waals surface area contributed by atoms with Crippen LogP contribution in [0, 0.1) is 0 Å². The highest BCUT2D eigenvalue weighted by Gasteiger charge is 2.49. The molecule has 4 nitrogen and oxygen atoms in total. The van der Waals surface area contributed by atoms with Gasteiger partial charge in [-0.25, -0.2) is 0 Å². The van der Waals surface area contributed by atoms with E-state index in [4.69, 9.17) is 0 Å². The van der Waals surface area contributed by atoms with Gasteiger partial charge in [-0.05, 0) is 13.0 Å². The van der Waals surface area contributed by atoms with Crippen LogP contribution in [0.15, 0.2) is 36.9 Å². The van der Waals surface area contributed by atoms with E-state index in [9.17, 15) is 15.0 Å². The minimum atomic E-state index is -1.63. The number of hydrogen-bond acceptors (Lipinski definition) is 3. The third-order valence-electron chi connectivity index (χ3n) is 3.14. The van der Waals surface area contributed by atoms with Crippen LogP contribution < -0.4 is 4.90 Å². The lowest BCUT2D eigenvalue weighted by molar-refractivity contribution is -0.139. The van der Waals surface area contributed by atoms with Gasteiger partial charge in [-0.3, -0.25) is 4.79 Å². The lowest BCUT2D eigenvalue weighted by Crippen LogP contribution is -2.42. The monoisotopic (exact) mass is 247 g/mol. The number of benzene rings is 1. The smallest absolute Gasteiger partial charge is 0.264 e. The topological polar surface area (TPSA) is 60.8 Å². The fourth-order valence-electron chi connectivity index (χ4n) is 2.44. The van der Waals surface area contributed by atoms with Crippen LogP contribution in [0.4, 0.5) is 5.69 Å². The SMILES string of the molecule is C=CCN1C(=O)[C@@](O)(C[C@H](C)O)c2ccccc21. The van der Waals surface area contributed by atoms with Crippen LogP contribution in [0.1, 0.15) is 18.9 Å². The van der Waals surface area contributed by atoms with E-state index in [2.05, 4.69) is 6.58 Å². The van der Waals surface area contributed by atoms with Crippen LogP contribution in [0.5, 0.6) is 0 Å². The summed E-state index contributed by atoms with van der Waals surface area (Å²) in [6.45, 7) is 5.52. The molecule has 0 saturated heterocycles. The molecule has 2 atom stereocenters. The molecule has 18 heavy (non-hydrogen) atoms. The van der Waals surface area contributed by atoms with Gasteiger partial charge in [-0.15, -0.1) is 6.58 Å². The Morgan fingerprint density at radius 1 is 1.50 bits per heavy atom. The maximum absolute atomic E-state index is 12.3. The normalized spacial score (nSPS) is 23.9. The summed E-state index contributed by atoms with van der Waals surface area (Å²) in [6.07, 6.45) is 0.856. The van der Waals surface area contributed by atoms with Crippen LogP contribution >= 0.6 is 0 Å². The first-order valence-corrected chi connectivity index (χ1v) is 5.93. The van der Waals surface area contributed by atoms with Gasteiger partial charge in [0.1, 0.15) is 0 Å². The Bertz CT molecular complexity index is 484. The average molecular weight is 247 g/mol. The van der Waals surface area contributed by atoms with Crippen LogP contribution in [0.25, 0.3) is 0 Å². The Hall–Kier alpha value is -1.65. The Labute approximate surface area is 106 Å². The van der Waals surface area contributed by atoms with Crippen molar-refractivity contribution in [3.05, 3.63) is 42.5 Å². The molecule has 1 aliphatic rings. The fourth-order valence-corrected chi connectivity index (χ4v) is 2.44. The quantitative estimate of drug-likeness (QED) is 0.785. The minimum Gasteiger partial charge on any atom is -0.393 e. The molecule has 1 aliphatic heterocycles. The number of nitrogens with zero attached hydrogens (tertiary/aromatic N) is 1. The van der Waals surface area contributed by atoms with E-state index in [-0.39, 0.29) is 6.42 Å². The molecule has 0 aliphatic carbocycles. The summed E-state index contributed by atoms with van der Waals surface area (Å²) in [6, 6.07) is 7.10. The first kappa shape index (κ1) is 12.8. The van der Waals surface area contributed by atoms with Crippen molar-refractivity contribution in [2.24, 2.45) is 0 Å². The first-order chi connectivity index (χ1) is 8.50. The number of carbonyl (C=O) groups excluding carboxylic acids is 1.